The van der Waals surface area contributed by atoms with E-state index >= 15 is 0 Å². The van der Waals surface area contributed by atoms with Gasteiger partial charge in [-0.2, -0.15) is 0 Å². The summed E-state index contributed by atoms with van der Waals surface area (Å²) >= 11 is 0. The van der Waals surface area contributed by atoms with E-state index in [4.69, 9.17) is 5.73 Å². The minimum atomic E-state index is -0.415. The lowest BCUT2D eigenvalue weighted by Gasteiger charge is -2.18. The van der Waals surface area contributed by atoms with Crippen LogP contribution in [0.2, 0.25) is 0 Å². The molecule has 4 nitrogen and oxygen atoms in total. The molecular formula is C18H31N3O. The first-order valence-corrected chi connectivity index (χ1v) is 8.29. The highest BCUT2D eigenvalue weighted by atomic mass is 16.2. The normalized spacial score (nSPS) is 12.7. The van der Waals surface area contributed by atoms with Gasteiger partial charge in [0.15, 0.2) is 0 Å². The maximum Gasteiger partial charge on any atom is 0.237 e. The number of carbonyl (C=O) groups is 1. The number of rotatable bonds is 9. The molecule has 0 spiro atoms. The standard InChI is InChI=1S/C18H31N3O/c1-5-21(6-2)13-16-9-7-15(8-10-16)12-20-18(22)17(19)11-14(3)4/h7-10,14,17H,5-6,11-13,19H2,1-4H3,(H,20,22)/t17-/m0/s1. The van der Waals surface area contributed by atoms with Gasteiger partial charge in [-0.15, -0.1) is 0 Å². The summed E-state index contributed by atoms with van der Waals surface area (Å²) in [5.74, 6) is 0.362. The molecule has 0 fully saturated rings. The number of amides is 1. The SMILES string of the molecule is CCN(CC)Cc1ccc(CNC(=O)[C@@H](N)CC(C)C)cc1. The van der Waals surface area contributed by atoms with Gasteiger partial charge in [0.2, 0.25) is 5.91 Å². The van der Waals surface area contributed by atoms with Crippen molar-refractivity contribution in [1.82, 2.24) is 10.2 Å². The zero-order valence-corrected chi connectivity index (χ0v) is 14.4. The molecule has 0 saturated carbocycles. The summed E-state index contributed by atoms with van der Waals surface area (Å²) < 4.78 is 0. The summed E-state index contributed by atoms with van der Waals surface area (Å²) in [4.78, 5) is 14.3. The minimum absolute atomic E-state index is 0.0686. The summed E-state index contributed by atoms with van der Waals surface area (Å²) in [6.45, 7) is 12.1. The van der Waals surface area contributed by atoms with Crippen LogP contribution in [0.4, 0.5) is 0 Å². The molecule has 1 rings (SSSR count). The maximum atomic E-state index is 11.9. The van der Waals surface area contributed by atoms with Crippen molar-refractivity contribution in [2.45, 2.75) is 53.2 Å². The second-order valence-electron chi connectivity index (χ2n) is 6.23. The van der Waals surface area contributed by atoms with Crippen LogP contribution in [0.3, 0.4) is 0 Å². The molecule has 1 aromatic rings. The van der Waals surface area contributed by atoms with Gasteiger partial charge in [0.05, 0.1) is 6.04 Å². The first-order valence-electron chi connectivity index (χ1n) is 8.29. The van der Waals surface area contributed by atoms with Crippen LogP contribution in [0.1, 0.15) is 45.2 Å². The molecule has 0 aromatic heterocycles. The van der Waals surface area contributed by atoms with E-state index in [1.807, 2.05) is 0 Å². The van der Waals surface area contributed by atoms with Gasteiger partial charge in [-0.3, -0.25) is 9.69 Å². The number of nitrogens with zero attached hydrogens (tertiary/aromatic N) is 1. The van der Waals surface area contributed by atoms with Crippen LogP contribution in [0.15, 0.2) is 24.3 Å². The molecule has 4 heteroatoms. The fourth-order valence-corrected chi connectivity index (χ4v) is 2.40. The third kappa shape index (κ3) is 6.58. The average molecular weight is 305 g/mol. The molecule has 124 valence electrons. The van der Waals surface area contributed by atoms with Crippen LogP contribution in [0, 0.1) is 5.92 Å². The smallest absolute Gasteiger partial charge is 0.237 e. The Labute approximate surface area is 135 Å². The maximum absolute atomic E-state index is 11.9. The van der Waals surface area contributed by atoms with Crippen LogP contribution < -0.4 is 11.1 Å². The van der Waals surface area contributed by atoms with Crippen LogP contribution >= 0.6 is 0 Å². The summed E-state index contributed by atoms with van der Waals surface area (Å²) in [6.07, 6.45) is 0.717. The number of hydrogen-bond donors (Lipinski definition) is 2. The summed E-state index contributed by atoms with van der Waals surface area (Å²) in [5.41, 5.74) is 8.28. The van der Waals surface area contributed by atoms with Crippen molar-refractivity contribution in [3.63, 3.8) is 0 Å². The van der Waals surface area contributed by atoms with Gasteiger partial charge >= 0.3 is 0 Å². The van der Waals surface area contributed by atoms with E-state index in [0.29, 0.717) is 18.9 Å². The van der Waals surface area contributed by atoms with Gasteiger partial charge in [-0.1, -0.05) is 52.0 Å². The Bertz CT molecular complexity index is 438. The molecule has 1 amide bonds. The third-order valence-electron chi connectivity index (χ3n) is 3.85. The van der Waals surface area contributed by atoms with Crippen LogP contribution in [-0.2, 0) is 17.9 Å². The Morgan fingerprint density at radius 1 is 1.14 bits per heavy atom. The lowest BCUT2D eigenvalue weighted by atomic mass is 10.0. The first-order chi connectivity index (χ1) is 10.5. The van der Waals surface area contributed by atoms with E-state index in [1.165, 1.54) is 5.56 Å². The van der Waals surface area contributed by atoms with Gasteiger partial charge in [0, 0.05) is 13.1 Å². The number of nitrogens with two attached hydrogens (primary N) is 1. The van der Waals surface area contributed by atoms with Crippen molar-refractivity contribution in [3.05, 3.63) is 35.4 Å². The predicted molar refractivity (Wildman–Crippen MR) is 92.3 cm³/mol. The lowest BCUT2D eigenvalue weighted by molar-refractivity contribution is -0.122. The Balaban J connectivity index is 2.46. The van der Waals surface area contributed by atoms with Crippen LogP contribution in [0.5, 0.6) is 0 Å². The zero-order chi connectivity index (χ0) is 16.5. The van der Waals surface area contributed by atoms with E-state index in [-0.39, 0.29) is 5.91 Å². The second kappa shape index (κ2) is 9.59. The van der Waals surface area contributed by atoms with Crippen molar-refractivity contribution in [3.8, 4) is 0 Å². The molecule has 0 bridgehead atoms. The van der Waals surface area contributed by atoms with E-state index < -0.39 is 6.04 Å². The largest absolute Gasteiger partial charge is 0.351 e. The predicted octanol–water partition coefficient (Wildman–Crippen LogP) is 2.52. The number of nitrogens with one attached hydrogen (secondary N) is 1. The molecule has 0 saturated heterocycles. The van der Waals surface area contributed by atoms with Crippen molar-refractivity contribution in [2.75, 3.05) is 13.1 Å². The summed E-state index contributed by atoms with van der Waals surface area (Å²) in [7, 11) is 0. The van der Waals surface area contributed by atoms with E-state index in [0.717, 1.165) is 25.2 Å². The fraction of sp³-hybridized carbons (Fsp3) is 0.611. The second-order valence-corrected chi connectivity index (χ2v) is 6.23. The number of carbonyl (C=O) groups excluding carboxylic acids is 1. The van der Waals surface area contributed by atoms with Gasteiger partial charge in [-0.25, -0.2) is 0 Å². The summed E-state index contributed by atoms with van der Waals surface area (Å²) in [5, 5.41) is 2.91. The molecular weight excluding hydrogens is 274 g/mol. The Kier molecular flexibility index (Phi) is 8.13. The Morgan fingerprint density at radius 2 is 1.68 bits per heavy atom. The fourth-order valence-electron chi connectivity index (χ4n) is 2.40. The van der Waals surface area contributed by atoms with Gasteiger partial charge in [0.25, 0.3) is 0 Å². The van der Waals surface area contributed by atoms with Crippen molar-refractivity contribution in [2.24, 2.45) is 11.7 Å². The topological polar surface area (TPSA) is 58.4 Å². The molecule has 0 unspecified atom stereocenters. The molecule has 3 N–H and O–H groups in total. The zero-order valence-electron chi connectivity index (χ0n) is 14.4. The number of benzene rings is 1. The molecule has 1 atom stereocenters. The van der Waals surface area contributed by atoms with Crippen LogP contribution in [-0.4, -0.2) is 29.9 Å². The van der Waals surface area contributed by atoms with Crippen molar-refractivity contribution < 1.29 is 4.79 Å². The van der Waals surface area contributed by atoms with Crippen LogP contribution in [0.25, 0.3) is 0 Å². The lowest BCUT2D eigenvalue weighted by Crippen LogP contribution is -2.41. The highest BCUT2D eigenvalue weighted by Gasteiger charge is 2.14. The van der Waals surface area contributed by atoms with Gasteiger partial charge < -0.3 is 11.1 Å². The molecule has 0 aliphatic carbocycles. The Morgan fingerprint density at radius 3 is 2.18 bits per heavy atom. The highest BCUT2D eigenvalue weighted by Crippen LogP contribution is 2.08. The average Bonchev–Trinajstić information content (AvgIpc) is 2.50. The highest BCUT2D eigenvalue weighted by molar-refractivity contribution is 5.81. The molecule has 0 radical (unpaired) electrons. The molecule has 0 heterocycles. The number of hydrogen-bond acceptors (Lipinski definition) is 3. The molecule has 22 heavy (non-hydrogen) atoms. The van der Waals surface area contributed by atoms with Gasteiger partial charge in [0.1, 0.15) is 0 Å². The van der Waals surface area contributed by atoms with E-state index in [1.54, 1.807) is 0 Å². The van der Waals surface area contributed by atoms with Crippen molar-refractivity contribution >= 4 is 5.91 Å². The quantitative estimate of drug-likeness (QED) is 0.737. The third-order valence-corrected chi connectivity index (χ3v) is 3.85. The molecule has 0 aliphatic heterocycles. The summed E-state index contributed by atoms with van der Waals surface area (Å²) in [6, 6.07) is 8.00. The monoisotopic (exact) mass is 305 g/mol. The Hall–Kier alpha value is -1.39. The molecule has 1 aromatic carbocycles. The van der Waals surface area contributed by atoms with E-state index in [9.17, 15) is 4.79 Å². The van der Waals surface area contributed by atoms with Crippen molar-refractivity contribution in [1.29, 1.82) is 0 Å². The van der Waals surface area contributed by atoms with E-state index in [2.05, 4.69) is 62.2 Å². The van der Waals surface area contributed by atoms with Gasteiger partial charge in [-0.05, 0) is 36.6 Å². The molecule has 0 aliphatic rings. The minimum Gasteiger partial charge on any atom is -0.351 e. The first kappa shape index (κ1) is 18.7.